The minimum absolute atomic E-state index is 0.0692. The molecule has 3 rings (SSSR count). The van der Waals surface area contributed by atoms with Crippen LogP contribution in [0, 0.1) is 0 Å². The lowest BCUT2D eigenvalue weighted by Gasteiger charge is -2.50. The highest BCUT2D eigenvalue weighted by Gasteiger charge is 2.54. The van der Waals surface area contributed by atoms with E-state index in [1.165, 1.54) is 20.8 Å². The second-order valence-electron chi connectivity index (χ2n) is 12.0. The monoisotopic (exact) mass is 601 g/mol. The van der Waals surface area contributed by atoms with Crippen molar-refractivity contribution >= 4 is 17.9 Å². The van der Waals surface area contributed by atoms with Crippen LogP contribution in [0.25, 0.3) is 0 Å². The zero-order valence-corrected chi connectivity index (χ0v) is 25.9. The standard InChI is InChI=1S/C28H51N5O9/c1-13(32-6)20-9-8-17(29)27(40-20)41-23-19(31)12-18(30)22(25(23)38-15(3)35)39-21-10-11-28(5,42-16(4)36)26(33-7)24(21)37-14(2)34/h13,17-27,32-33H,8-12,29-31H2,1-7H3/t13-,17-,18-,19+,20+,21+,22+,23-,24+,25-,26-,27-,28+/m1/s1. The summed E-state index contributed by atoms with van der Waals surface area (Å²) in [5.41, 5.74) is 18.6. The Labute approximate surface area is 248 Å². The van der Waals surface area contributed by atoms with Crippen molar-refractivity contribution in [2.45, 2.75) is 145 Å². The molecule has 0 radical (unpaired) electrons. The first kappa shape index (κ1) is 34.6. The highest BCUT2D eigenvalue weighted by molar-refractivity contribution is 5.67. The van der Waals surface area contributed by atoms with Gasteiger partial charge in [-0.2, -0.15) is 0 Å². The molecule has 3 fully saturated rings. The molecule has 0 aromatic heterocycles. The van der Waals surface area contributed by atoms with Crippen molar-refractivity contribution in [1.29, 1.82) is 0 Å². The first-order valence-corrected chi connectivity index (χ1v) is 14.8. The molecule has 0 aromatic carbocycles. The summed E-state index contributed by atoms with van der Waals surface area (Å²) < 4.78 is 36.4. The molecule has 42 heavy (non-hydrogen) atoms. The molecule has 13 atom stereocenters. The number of rotatable bonds is 10. The SMILES string of the molecule is CN[C@@H]1[C@@H](OC(C)=O)[C@@H](O[C@@H]2[C@@H](OC(C)=O)[C@H](O[C@H]3O[C@H]([C@@H](C)NC)CC[C@H]3N)[C@@H](N)C[C@H]2N)CC[C@]1(C)OC(C)=O. The van der Waals surface area contributed by atoms with Crippen molar-refractivity contribution in [3.63, 3.8) is 0 Å². The van der Waals surface area contributed by atoms with Crippen LogP contribution in [0.1, 0.15) is 66.7 Å². The minimum Gasteiger partial charge on any atom is -0.458 e. The van der Waals surface area contributed by atoms with Crippen LogP contribution in [0.3, 0.4) is 0 Å². The van der Waals surface area contributed by atoms with Gasteiger partial charge in [-0.15, -0.1) is 0 Å². The molecular formula is C28H51N5O9. The summed E-state index contributed by atoms with van der Waals surface area (Å²) in [5.74, 6) is -1.54. The van der Waals surface area contributed by atoms with Crippen LogP contribution in [-0.2, 0) is 42.8 Å². The molecule has 1 aliphatic heterocycles. The van der Waals surface area contributed by atoms with Gasteiger partial charge in [0.05, 0.1) is 24.3 Å². The van der Waals surface area contributed by atoms with E-state index in [-0.39, 0.29) is 12.1 Å². The fourth-order valence-corrected chi connectivity index (χ4v) is 6.52. The average Bonchev–Trinajstić information content (AvgIpc) is 2.89. The second-order valence-corrected chi connectivity index (χ2v) is 12.0. The van der Waals surface area contributed by atoms with Gasteiger partial charge < -0.3 is 56.3 Å². The van der Waals surface area contributed by atoms with E-state index in [1.807, 2.05) is 14.0 Å². The number of likely N-dealkylation sites (N-methyl/N-ethyl adjacent to an activating group) is 2. The smallest absolute Gasteiger partial charge is 0.303 e. The number of carbonyl (C=O) groups is 3. The third-order valence-electron chi connectivity index (χ3n) is 8.69. The zero-order valence-electron chi connectivity index (χ0n) is 25.9. The van der Waals surface area contributed by atoms with Crippen LogP contribution in [0.5, 0.6) is 0 Å². The lowest BCUT2D eigenvalue weighted by Crippen LogP contribution is -2.68. The van der Waals surface area contributed by atoms with Crippen LogP contribution in [0.4, 0.5) is 0 Å². The lowest BCUT2D eigenvalue weighted by molar-refractivity contribution is -0.269. The van der Waals surface area contributed by atoms with Gasteiger partial charge in [0.15, 0.2) is 12.4 Å². The lowest BCUT2D eigenvalue weighted by atomic mass is 9.77. The molecular weight excluding hydrogens is 550 g/mol. The third kappa shape index (κ3) is 8.17. The first-order chi connectivity index (χ1) is 19.7. The van der Waals surface area contributed by atoms with Gasteiger partial charge in [-0.25, -0.2) is 0 Å². The zero-order chi connectivity index (χ0) is 31.4. The van der Waals surface area contributed by atoms with Crippen LogP contribution in [0.2, 0.25) is 0 Å². The van der Waals surface area contributed by atoms with E-state index in [2.05, 4.69) is 10.6 Å². The minimum atomic E-state index is -0.994. The fraction of sp³-hybridized carbons (Fsp3) is 0.893. The fourth-order valence-electron chi connectivity index (χ4n) is 6.52. The van der Waals surface area contributed by atoms with Gasteiger partial charge in [-0.3, -0.25) is 14.4 Å². The Morgan fingerprint density at radius 1 is 0.833 bits per heavy atom. The van der Waals surface area contributed by atoms with E-state index < -0.39 is 84.5 Å². The van der Waals surface area contributed by atoms with Gasteiger partial charge in [-0.05, 0) is 60.0 Å². The number of ether oxygens (including phenoxy) is 6. The summed E-state index contributed by atoms with van der Waals surface area (Å²) in [4.78, 5) is 36.4. The van der Waals surface area contributed by atoms with Crippen LogP contribution in [0.15, 0.2) is 0 Å². The Hall–Kier alpha value is -1.91. The summed E-state index contributed by atoms with van der Waals surface area (Å²) >= 11 is 0. The van der Waals surface area contributed by atoms with Crippen molar-refractivity contribution in [3.05, 3.63) is 0 Å². The van der Waals surface area contributed by atoms with Gasteiger partial charge in [-0.1, -0.05) is 0 Å². The third-order valence-corrected chi connectivity index (χ3v) is 8.69. The number of nitrogens with one attached hydrogen (secondary N) is 2. The summed E-state index contributed by atoms with van der Waals surface area (Å²) in [6.07, 6.45) is -2.58. The first-order valence-electron chi connectivity index (χ1n) is 14.8. The number of nitrogens with two attached hydrogens (primary N) is 3. The molecule has 0 aromatic rings. The van der Waals surface area contributed by atoms with Gasteiger partial charge in [0.2, 0.25) is 0 Å². The highest BCUT2D eigenvalue weighted by atomic mass is 16.7. The molecule has 2 aliphatic carbocycles. The number of carbonyl (C=O) groups excluding carboxylic acids is 3. The van der Waals surface area contributed by atoms with Crippen LogP contribution < -0.4 is 27.8 Å². The molecule has 14 heteroatoms. The summed E-state index contributed by atoms with van der Waals surface area (Å²) in [6.45, 7) is 7.73. The van der Waals surface area contributed by atoms with E-state index in [9.17, 15) is 14.4 Å². The maximum absolute atomic E-state index is 12.3. The Bertz CT molecular complexity index is 943. The maximum Gasteiger partial charge on any atom is 0.303 e. The molecule has 0 amide bonds. The molecule has 0 spiro atoms. The van der Waals surface area contributed by atoms with E-state index >= 15 is 0 Å². The van der Waals surface area contributed by atoms with E-state index in [4.69, 9.17) is 45.6 Å². The van der Waals surface area contributed by atoms with Crippen LogP contribution in [-0.4, -0.2) is 111 Å². The van der Waals surface area contributed by atoms with Gasteiger partial charge in [0, 0.05) is 38.9 Å². The largest absolute Gasteiger partial charge is 0.458 e. The van der Waals surface area contributed by atoms with Crippen LogP contribution >= 0.6 is 0 Å². The Balaban J connectivity index is 1.89. The average molecular weight is 602 g/mol. The topological polar surface area (TPSA) is 209 Å². The van der Waals surface area contributed by atoms with Crippen molar-refractivity contribution in [1.82, 2.24) is 10.6 Å². The van der Waals surface area contributed by atoms with E-state index in [0.29, 0.717) is 25.7 Å². The normalized spacial score (nSPS) is 41.4. The van der Waals surface area contributed by atoms with Crippen molar-refractivity contribution in [2.75, 3.05) is 14.1 Å². The maximum atomic E-state index is 12.3. The molecule has 14 nitrogen and oxygen atoms in total. The highest BCUT2D eigenvalue weighted by Crippen LogP contribution is 2.38. The Morgan fingerprint density at radius 2 is 1.43 bits per heavy atom. The number of hydrogen-bond donors (Lipinski definition) is 5. The van der Waals surface area contributed by atoms with Gasteiger partial charge >= 0.3 is 17.9 Å². The molecule has 2 saturated carbocycles. The van der Waals surface area contributed by atoms with Crippen molar-refractivity contribution < 1.29 is 42.8 Å². The predicted molar refractivity (Wildman–Crippen MR) is 152 cm³/mol. The Kier molecular flexibility index (Phi) is 12.1. The van der Waals surface area contributed by atoms with Gasteiger partial charge in [0.1, 0.15) is 23.9 Å². The van der Waals surface area contributed by atoms with E-state index in [1.54, 1.807) is 14.0 Å². The predicted octanol–water partition coefficient (Wildman–Crippen LogP) is -0.809. The number of esters is 3. The molecule has 0 bridgehead atoms. The number of hydrogen-bond acceptors (Lipinski definition) is 14. The summed E-state index contributed by atoms with van der Waals surface area (Å²) in [7, 11) is 3.55. The van der Waals surface area contributed by atoms with Crippen molar-refractivity contribution in [3.8, 4) is 0 Å². The quantitative estimate of drug-likeness (QED) is 0.153. The van der Waals surface area contributed by atoms with Crippen molar-refractivity contribution in [2.24, 2.45) is 17.2 Å². The van der Waals surface area contributed by atoms with Gasteiger partial charge in [0.25, 0.3) is 0 Å². The second kappa shape index (κ2) is 14.7. The summed E-state index contributed by atoms with van der Waals surface area (Å²) in [6, 6.07) is -2.16. The molecule has 0 unspecified atom stereocenters. The molecule has 242 valence electrons. The molecule has 1 heterocycles. The summed E-state index contributed by atoms with van der Waals surface area (Å²) in [5, 5.41) is 6.34. The molecule has 8 N–H and O–H groups in total. The molecule has 1 saturated heterocycles. The molecule has 3 aliphatic rings. The Morgan fingerprint density at radius 3 is 1.98 bits per heavy atom. The van der Waals surface area contributed by atoms with E-state index in [0.717, 1.165) is 6.42 Å².